The Hall–Kier alpha value is -0.120. The number of unbranched alkanes of at least 4 members (excludes halogenated alkanes) is 3. The molecule has 3 nitrogen and oxygen atoms in total. The lowest BCUT2D eigenvalue weighted by Crippen LogP contribution is -2.49. The Kier molecular flexibility index (Phi) is 6.46. The molecule has 1 heterocycles. The van der Waals surface area contributed by atoms with E-state index in [-0.39, 0.29) is 0 Å². The van der Waals surface area contributed by atoms with Crippen LogP contribution in [0.4, 0.5) is 0 Å². The van der Waals surface area contributed by atoms with Crippen LogP contribution in [0.3, 0.4) is 0 Å². The Labute approximate surface area is 113 Å². The molecule has 2 aliphatic rings. The first-order valence-corrected chi connectivity index (χ1v) is 8.06. The van der Waals surface area contributed by atoms with Crippen molar-refractivity contribution < 1.29 is 0 Å². The maximum atomic E-state index is 5.51. The highest BCUT2D eigenvalue weighted by molar-refractivity contribution is 4.81. The molecule has 0 amide bonds. The van der Waals surface area contributed by atoms with Crippen molar-refractivity contribution in [3.05, 3.63) is 0 Å². The highest BCUT2D eigenvalue weighted by Crippen LogP contribution is 2.24. The monoisotopic (exact) mass is 253 g/mol. The van der Waals surface area contributed by atoms with Crippen LogP contribution in [0, 0.1) is 0 Å². The molecular formula is C15H31N3. The zero-order chi connectivity index (χ0) is 12.6. The molecule has 0 aromatic rings. The largest absolute Gasteiger partial charge is 0.330 e. The molecule has 18 heavy (non-hydrogen) atoms. The molecule has 1 saturated heterocycles. The third kappa shape index (κ3) is 4.52. The fourth-order valence-corrected chi connectivity index (χ4v) is 3.45. The average Bonchev–Trinajstić information content (AvgIpc) is 2.93. The number of hydrogen-bond donors (Lipinski definition) is 1. The summed E-state index contributed by atoms with van der Waals surface area (Å²) in [6, 6.07) is 0.928. The lowest BCUT2D eigenvalue weighted by molar-refractivity contribution is 0.0967. The van der Waals surface area contributed by atoms with Gasteiger partial charge in [-0.1, -0.05) is 25.7 Å². The van der Waals surface area contributed by atoms with E-state index < -0.39 is 0 Å². The molecule has 0 aromatic carbocycles. The molecule has 2 N–H and O–H groups in total. The third-order valence-electron chi connectivity index (χ3n) is 4.68. The molecule has 3 heteroatoms. The first-order chi connectivity index (χ1) is 8.90. The number of rotatable bonds is 7. The van der Waals surface area contributed by atoms with Crippen LogP contribution >= 0.6 is 0 Å². The number of piperazine rings is 1. The SMILES string of the molecule is NCCCCCCN1CCN(C2CCCC2)CC1. The summed E-state index contributed by atoms with van der Waals surface area (Å²) in [7, 11) is 0. The van der Waals surface area contributed by atoms with Crippen molar-refractivity contribution in [2.75, 3.05) is 39.3 Å². The summed E-state index contributed by atoms with van der Waals surface area (Å²) in [5.41, 5.74) is 5.51. The predicted octanol–water partition coefficient (Wildman–Crippen LogP) is 2.07. The summed E-state index contributed by atoms with van der Waals surface area (Å²) in [4.78, 5) is 5.41. The van der Waals surface area contributed by atoms with Crippen molar-refractivity contribution in [3.63, 3.8) is 0 Å². The average molecular weight is 253 g/mol. The molecule has 0 spiro atoms. The normalized spacial score (nSPS) is 23.8. The molecule has 0 unspecified atom stereocenters. The maximum absolute atomic E-state index is 5.51. The van der Waals surface area contributed by atoms with Gasteiger partial charge in [-0.15, -0.1) is 0 Å². The van der Waals surface area contributed by atoms with E-state index in [0.29, 0.717) is 0 Å². The van der Waals surface area contributed by atoms with Crippen molar-refractivity contribution >= 4 is 0 Å². The van der Waals surface area contributed by atoms with E-state index in [0.717, 1.165) is 12.6 Å². The van der Waals surface area contributed by atoms with E-state index in [2.05, 4.69) is 9.80 Å². The summed E-state index contributed by atoms with van der Waals surface area (Å²) in [5, 5.41) is 0. The minimum atomic E-state index is 0.861. The molecule has 1 saturated carbocycles. The van der Waals surface area contributed by atoms with E-state index in [1.54, 1.807) is 0 Å². The summed E-state index contributed by atoms with van der Waals surface area (Å²) in [6.45, 7) is 7.39. The number of hydrogen-bond acceptors (Lipinski definition) is 3. The van der Waals surface area contributed by atoms with Crippen LogP contribution in [0.5, 0.6) is 0 Å². The minimum Gasteiger partial charge on any atom is -0.330 e. The smallest absolute Gasteiger partial charge is 0.0113 e. The highest BCUT2D eigenvalue weighted by Gasteiger charge is 2.25. The van der Waals surface area contributed by atoms with Gasteiger partial charge in [0.05, 0.1) is 0 Å². The van der Waals surface area contributed by atoms with Crippen LogP contribution in [0.1, 0.15) is 51.4 Å². The zero-order valence-electron chi connectivity index (χ0n) is 11.9. The minimum absolute atomic E-state index is 0.861. The number of nitrogens with zero attached hydrogens (tertiary/aromatic N) is 2. The zero-order valence-corrected chi connectivity index (χ0v) is 11.9. The second-order valence-electron chi connectivity index (χ2n) is 6.02. The molecule has 0 radical (unpaired) electrons. The van der Waals surface area contributed by atoms with Crippen LogP contribution in [-0.2, 0) is 0 Å². The third-order valence-corrected chi connectivity index (χ3v) is 4.68. The molecular weight excluding hydrogens is 222 g/mol. The molecule has 106 valence electrons. The van der Waals surface area contributed by atoms with E-state index in [9.17, 15) is 0 Å². The lowest BCUT2D eigenvalue weighted by atomic mass is 10.1. The molecule has 1 aliphatic heterocycles. The van der Waals surface area contributed by atoms with Gasteiger partial charge in [0.2, 0.25) is 0 Å². The van der Waals surface area contributed by atoms with Crippen molar-refractivity contribution in [2.24, 2.45) is 5.73 Å². The summed E-state index contributed by atoms with van der Waals surface area (Å²) in [6.07, 6.45) is 11.1. The van der Waals surface area contributed by atoms with E-state index in [1.165, 1.54) is 84.1 Å². The number of nitrogens with two attached hydrogens (primary N) is 1. The van der Waals surface area contributed by atoms with Gasteiger partial charge in [0.25, 0.3) is 0 Å². The Balaban J connectivity index is 1.53. The molecule has 0 atom stereocenters. The van der Waals surface area contributed by atoms with Gasteiger partial charge in [-0.2, -0.15) is 0 Å². The van der Waals surface area contributed by atoms with Gasteiger partial charge < -0.3 is 10.6 Å². The first-order valence-electron chi connectivity index (χ1n) is 8.06. The second-order valence-corrected chi connectivity index (χ2v) is 6.02. The van der Waals surface area contributed by atoms with Crippen molar-refractivity contribution in [2.45, 2.75) is 57.4 Å². The van der Waals surface area contributed by atoms with Gasteiger partial charge in [-0.25, -0.2) is 0 Å². The highest BCUT2D eigenvalue weighted by atomic mass is 15.3. The Morgan fingerprint density at radius 3 is 2.17 bits per heavy atom. The van der Waals surface area contributed by atoms with Crippen LogP contribution in [0.2, 0.25) is 0 Å². The van der Waals surface area contributed by atoms with Crippen molar-refractivity contribution in [1.29, 1.82) is 0 Å². The van der Waals surface area contributed by atoms with Crippen molar-refractivity contribution in [1.82, 2.24) is 9.80 Å². The van der Waals surface area contributed by atoms with Gasteiger partial charge in [0, 0.05) is 32.2 Å². The van der Waals surface area contributed by atoms with Gasteiger partial charge in [-0.3, -0.25) is 4.90 Å². The first kappa shape index (κ1) is 14.3. The van der Waals surface area contributed by atoms with Gasteiger partial charge in [-0.05, 0) is 38.8 Å². The molecule has 0 aromatic heterocycles. The van der Waals surface area contributed by atoms with E-state index >= 15 is 0 Å². The standard InChI is InChI=1S/C15H31N3/c16-9-5-1-2-6-10-17-11-13-18(14-12-17)15-7-3-4-8-15/h15H,1-14,16H2. The van der Waals surface area contributed by atoms with Crippen LogP contribution in [0.25, 0.3) is 0 Å². The quantitative estimate of drug-likeness (QED) is 0.705. The van der Waals surface area contributed by atoms with Crippen LogP contribution in [-0.4, -0.2) is 55.1 Å². The van der Waals surface area contributed by atoms with Crippen LogP contribution < -0.4 is 5.73 Å². The molecule has 2 fully saturated rings. The van der Waals surface area contributed by atoms with Crippen molar-refractivity contribution in [3.8, 4) is 0 Å². The lowest BCUT2D eigenvalue weighted by Gasteiger charge is -2.38. The molecule has 1 aliphatic carbocycles. The van der Waals surface area contributed by atoms with Crippen LogP contribution in [0.15, 0.2) is 0 Å². The predicted molar refractivity (Wildman–Crippen MR) is 77.8 cm³/mol. The molecule has 0 bridgehead atoms. The summed E-state index contributed by atoms with van der Waals surface area (Å²) < 4.78 is 0. The second kappa shape index (κ2) is 8.13. The maximum Gasteiger partial charge on any atom is 0.0113 e. The Morgan fingerprint density at radius 2 is 1.50 bits per heavy atom. The Bertz CT molecular complexity index is 206. The topological polar surface area (TPSA) is 32.5 Å². The van der Waals surface area contributed by atoms with Gasteiger partial charge in [0.15, 0.2) is 0 Å². The van der Waals surface area contributed by atoms with Gasteiger partial charge >= 0.3 is 0 Å². The Morgan fingerprint density at radius 1 is 0.833 bits per heavy atom. The van der Waals surface area contributed by atoms with E-state index in [1.807, 2.05) is 0 Å². The van der Waals surface area contributed by atoms with Gasteiger partial charge in [0.1, 0.15) is 0 Å². The fraction of sp³-hybridized carbons (Fsp3) is 1.00. The van der Waals surface area contributed by atoms with E-state index in [4.69, 9.17) is 5.73 Å². The summed E-state index contributed by atoms with van der Waals surface area (Å²) in [5.74, 6) is 0. The fourth-order valence-electron chi connectivity index (χ4n) is 3.45. The summed E-state index contributed by atoms with van der Waals surface area (Å²) >= 11 is 0. The molecule has 2 rings (SSSR count).